The first-order chi connectivity index (χ1) is 13.5. The van der Waals surface area contributed by atoms with Crippen molar-refractivity contribution in [2.45, 2.75) is 23.1 Å². The predicted molar refractivity (Wildman–Crippen MR) is 105 cm³/mol. The molecule has 1 amide bonds. The van der Waals surface area contributed by atoms with E-state index in [2.05, 4.69) is 0 Å². The highest BCUT2D eigenvalue weighted by atomic mass is 32.2. The van der Waals surface area contributed by atoms with Crippen molar-refractivity contribution >= 4 is 21.4 Å². The van der Waals surface area contributed by atoms with Gasteiger partial charge in [-0.1, -0.05) is 54.6 Å². The van der Waals surface area contributed by atoms with Gasteiger partial charge in [0.2, 0.25) is 5.91 Å². The minimum atomic E-state index is -3.78. The Balaban J connectivity index is 1.84. The van der Waals surface area contributed by atoms with E-state index in [0.717, 1.165) is 0 Å². The number of carbonyl (C=O) groups excluding carboxylic acids is 1. The zero-order valence-corrected chi connectivity index (χ0v) is 15.8. The normalized spacial score (nSPS) is 18.4. The fraction of sp³-hybridized carbons (Fsp3) is 0.136. The second-order valence-electron chi connectivity index (χ2n) is 6.73. The Bertz CT molecular complexity index is 1130. The lowest BCUT2D eigenvalue weighted by Crippen LogP contribution is -2.30. The highest BCUT2D eigenvalue weighted by Crippen LogP contribution is 2.41. The monoisotopic (exact) mass is 395 g/mol. The van der Waals surface area contributed by atoms with Gasteiger partial charge in [-0.25, -0.2) is 12.8 Å². The number of anilines is 1. The van der Waals surface area contributed by atoms with Gasteiger partial charge in [0.1, 0.15) is 5.82 Å². The lowest BCUT2D eigenvalue weighted by molar-refractivity contribution is -0.118. The standard InChI is InChI=1S/C22H18FNO3S/c23-18-10-6-7-16(13-18)15-24-19-11-4-5-12-20(19)28(26,27)21(14-22(24)25)17-8-2-1-3-9-17/h1-13,21H,14-15H2. The molecule has 4 rings (SSSR count). The predicted octanol–water partition coefficient (Wildman–Crippen LogP) is 4.28. The van der Waals surface area contributed by atoms with Crippen LogP contribution in [0.15, 0.2) is 83.8 Å². The van der Waals surface area contributed by atoms with Crippen molar-refractivity contribution in [1.82, 2.24) is 0 Å². The van der Waals surface area contributed by atoms with Crippen molar-refractivity contribution in [3.63, 3.8) is 0 Å². The van der Waals surface area contributed by atoms with Gasteiger partial charge in [0.15, 0.2) is 9.84 Å². The lowest BCUT2D eigenvalue weighted by atomic mass is 10.1. The summed E-state index contributed by atoms with van der Waals surface area (Å²) in [6.45, 7) is 0.102. The van der Waals surface area contributed by atoms with Crippen molar-refractivity contribution in [2.75, 3.05) is 4.90 Å². The average Bonchev–Trinajstić information content (AvgIpc) is 2.78. The Kier molecular flexibility index (Phi) is 4.73. The molecule has 0 spiro atoms. The molecule has 6 heteroatoms. The van der Waals surface area contributed by atoms with Gasteiger partial charge < -0.3 is 4.90 Å². The van der Waals surface area contributed by atoms with E-state index in [4.69, 9.17) is 0 Å². The van der Waals surface area contributed by atoms with E-state index in [1.165, 1.54) is 23.1 Å². The van der Waals surface area contributed by atoms with E-state index in [1.807, 2.05) is 0 Å². The number of para-hydroxylation sites is 1. The molecule has 4 nitrogen and oxygen atoms in total. The summed E-state index contributed by atoms with van der Waals surface area (Å²) in [4.78, 5) is 14.7. The van der Waals surface area contributed by atoms with Gasteiger partial charge in [0, 0.05) is 6.42 Å². The molecule has 0 aliphatic carbocycles. The van der Waals surface area contributed by atoms with Crippen LogP contribution < -0.4 is 4.90 Å². The zero-order chi connectivity index (χ0) is 19.7. The van der Waals surface area contributed by atoms with Crippen LogP contribution >= 0.6 is 0 Å². The first kappa shape index (κ1) is 18.4. The number of fused-ring (bicyclic) bond motifs is 1. The molecule has 0 bridgehead atoms. The molecule has 0 radical (unpaired) electrons. The highest BCUT2D eigenvalue weighted by Gasteiger charge is 2.39. The number of carbonyl (C=O) groups is 1. The van der Waals surface area contributed by atoms with Crippen molar-refractivity contribution in [3.8, 4) is 0 Å². The second kappa shape index (κ2) is 7.20. The topological polar surface area (TPSA) is 54.5 Å². The van der Waals surface area contributed by atoms with E-state index in [0.29, 0.717) is 16.8 Å². The third-order valence-corrected chi connectivity index (χ3v) is 7.05. The van der Waals surface area contributed by atoms with E-state index < -0.39 is 20.9 Å². The summed E-state index contributed by atoms with van der Waals surface area (Å²) in [5.41, 5.74) is 1.51. The third-order valence-electron chi connectivity index (χ3n) is 4.90. The maximum Gasteiger partial charge on any atom is 0.229 e. The summed E-state index contributed by atoms with van der Waals surface area (Å²) in [6, 6.07) is 21.2. The fourth-order valence-electron chi connectivity index (χ4n) is 3.54. The number of hydrogen-bond acceptors (Lipinski definition) is 3. The summed E-state index contributed by atoms with van der Waals surface area (Å²) in [7, 11) is -3.78. The van der Waals surface area contributed by atoms with Crippen molar-refractivity contribution in [2.24, 2.45) is 0 Å². The first-order valence-corrected chi connectivity index (χ1v) is 10.4. The van der Waals surface area contributed by atoms with Crippen LogP contribution in [0.4, 0.5) is 10.1 Å². The van der Waals surface area contributed by atoms with Gasteiger partial charge in [-0.15, -0.1) is 0 Å². The molecular formula is C22H18FNO3S. The quantitative estimate of drug-likeness (QED) is 0.665. The smallest absolute Gasteiger partial charge is 0.229 e. The number of sulfone groups is 1. The van der Waals surface area contributed by atoms with Crippen LogP contribution in [0.1, 0.15) is 22.8 Å². The molecule has 0 aromatic heterocycles. The van der Waals surface area contributed by atoms with Crippen LogP contribution in [0.3, 0.4) is 0 Å². The molecule has 0 saturated heterocycles. The molecule has 1 unspecified atom stereocenters. The lowest BCUT2D eigenvalue weighted by Gasteiger charge is -2.22. The fourth-order valence-corrected chi connectivity index (χ4v) is 5.46. The van der Waals surface area contributed by atoms with Gasteiger partial charge in [-0.2, -0.15) is 0 Å². The van der Waals surface area contributed by atoms with Gasteiger partial charge in [0.25, 0.3) is 0 Å². The SMILES string of the molecule is O=C1CC(c2ccccc2)S(=O)(=O)c2ccccc2N1Cc1cccc(F)c1. The van der Waals surface area contributed by atoms with E-state index in [9.17, 15) is 17.6 Å². The van der Waals surface area contributed by atoms with Crippen LogP contribution in [-0.4, -0.2) is 14.3 Å². The van der Waals surface area contributed by atoms with Crippen LogP contribution in [-0.2, 0) is 21.2 Å². The van der Waals surface area contributed by atoms with Gasteiger partial charge in [-0.3, -0.25) is 4.79 Å². The largest absolute Gasteiger partial charge is 0.307 e. The molecule has 1 aliphatic rings. The van der Waals surface area contributed by atoms with Crippen LogP contribution in [0.5, 0.6) is 0 Å². The van der Waals surface area contributed by atoms with Crippen molar-refractivity contribution in [1.29, 1.82) is 0 Å². The van der Waals surface area contributed by atoms with Crippen molar-refractivity contribution in [3.05, 3.63) is 95.8 Å². The number of halogens is 1. The Morgan fingerprint density at radius 2 is 1.64 bits per heavy atom. The van der Waals surface area contributed by atoms with Gasteiger partial charge in [0.05, 0.1) is 22.4 Å². The number of nitrogens with zero attached hydrogens (tertiary/aromatic N) is 1. The Hall–Kier alpha value is -2.99. The third kappa shape index (κ3) is 3.31. The molecule has 0 N–H and O–H groups in total. The van der Waals surface area contributed by atoms with Gasteiger partial charge in [-0.05, 0) is 35.4 Å². The molecule has 1 atom stereocenters. The average molecular weight is 395 g/mol. The molecular weight excluding hydrogens is 377 g/mol. The highest BCUT2D eigenvalue weighted by molar-refractivity contribution is 7.92. The summed E-state index contributed by atoms with van der Waals surface area (Å²) in [5, 5.41) is -0.958. The summed E-state index contributed by atoms with van der Waals surface area (Å²) in [6.07, 6.45) is -0.170. The summed E-state index contributed by atoms with van der Waals surface area (Å²) >= 11 is 0. The molecule has 1 aliphatic heterocycles. The van der Waals surface area contributed by atoms with E-state index in [-0.39, 0.29) is 23.8 Å². The Morgan fingerprint density at radius 1 is 0.929 bits per heavy atom. The molecule has 0 fully saturated rings. The number of benzene rings is 3. The van der Waals surface area contributed by atoms with E-state index >= 15 is 0 Å². The molecule has 28 heavy (non-hydrogen) atoms. The second-order valence-corrected chi connectivity index (χ2v) is 8.82. The molecule has 3 aromatic carbocycles. The van der Waals surface area contributed by atoms with Crippen molar-refractivity contribution < 1.29 is 17.6 Å². The van der Waals surface area contributed by atoms with Crippen LogP contribution in [0.25, 0.3) is 0 Å². The molecule has 1 heterocycles. The number of rotatable bonds is 3. The maximum absolute atomic E-state index is 13.6. The first-order valence-electron chi connectivity index (χ1n) is 8.89. The summed E-state index contributed by atoms with van der Waals surface area (Å²) in [5.74, 6) is -0.713. The van der Waals surface area contributed by atoms with E-state index in [1.54, 1.807) is 60.7 Å². The number of hydrogen-bond donors (Lipinski definition) is 0. The maximum atomic E-state index is 13.6. The molecule has 3 aromatic rings. The Morgan fingerprint density at radius 3 is 2.39 bits per heavy atom. The Labute approximate surface area is 163 Å². The molecule has 142 valence electrons. The number of amides is 1. The van der Waals surface area contributed by atoms with Crippen LogP contribution in [0.2, 0.25) is 0 Å². The van der Waals surface area contributed by atoms with Crippen LogP contribution in [0, 0.1) is 5.82 Å². The summed E-state index contributed by atoms with van der Waals surface area (Å²) < 4.78 is 40.4. The minimum absolute atomic E-state index is 0.102. The molecule has 0 saturated carbocycles. The van der Waals surface area contributed by atoms with Gasteiger partial charge >= 0.3 is 0 Å². The zero-order valence-electron chi connectivity index (χ0n) is 15.0. The minimum Gasteiger partial charge on any atom is -0.307 e.